The zero-order valence-electron chi connectivity index (χ0n) is 13.0. The van der Waals surface area contributed by atoms with Crippen LogP contribution in [0.25, 0.3) is 0 Å². The fraction of sp³-hybridized carbons (Fsp3) is 0.412. The first-order valence-corrected chi connectivity index (χ1v) is 7.92. The Labute approximate surface area is 135 Å². The van der Waals surface area contributed by atoms with E-state index in [1.807, 2.05) is 12.2 Å². The van der Waals surface area contributed by atoms with E-state index in [4.69, 9.17) is 9.47 Å². The van der Waals surface area contributed by atoms with Gasteiger partial charge in [0.1, 0.15) is 12.7 Å². The Hall–Kier alpha value is -2.34. The first-order valence-electron chi connectivity index (χ1n) is 7.92. The molecule has 1 atom stereocenters. The van der Waals surface area contributed by atoms with Crippen molar-refractivity contribution < 1.29 is 9.47 Å². The van der Waals surface area contributed by atoms with Crippen molar-refractivity contribution in [2.75, 3.05) is 19.7 Å². The minimum Gasteiger partial charge on any atom is -0.486 e. The molecule has 1 aliphatic carbocycles. The van der Waals surface area contributed by atoms with E-state index >= 15 is 0 Å². The summed E-state index contributed by atoms with van der Waals surface area (Å²) in [6, 6.07) is 3.17. The molecule has 3 rings (SSSR count). The number of nitrogens with one attached hydrogen (secondary N) is 1. The average Bonchev–Trinajstić information content (AvgIpc) is 2.81. The first-order chi connectivity index (χ1) is 11.3. The Balaban J connectivity index is 1.39. The predicted molar refractivity (Wildman–Crippen MR) is 86.7 cm³/mol. The molecular weight excluding hydrogens is 294 g/mol. The molecule has 2 heterocycles. The van der Waals surface area contributed by atoms with Crippen molar-refractivity contribution in [1.82, 2.24) is 15.1 Å². The van der Waals surface area contributed by atoms with Gasteiger partial charge in [-0.2, -0.15) is 5.10 Å². The van der Waals surface area contributed by atoms with E-state index in [0.29, 0.717) is 19.7 Å². The molecule has 1 aliphatic heterocycles. The second-order valence-electron chi connectivity index (χ2n) is 5.46. The van der Waals surface area contributed by atoms with E-state index < -0.39 is 0 Å². The minimum atomic E-state index is -0.0656. The van der Waals surface area contributed by atoms with Crippen molar-refractivity contribution in [1.29, 1.82) is 0 Å². The van der Waals surface area contributed by atoms with Gasteiger partial charge in [-0.15, -0.1) is 0 Å². The first kappa shape index (κ1) is 15.6. The van der Waals surface area contributed by atoms with Crippen LogP contribution in [0.5, 0.6) is 0 Å². The van der Waals surface area contributed by atoms with Crippen LogP contribution in [0, 0.1) is 0 Å². The number of ether oxygens (including phenoxy) is 2. The zero-order valence-corrected chi connectivity index (χ0v) is 13.0. The molecule has 1 aromatic rings. The lowest BCUT2D eigenvalue weighted by molar-refractivity contribution is 0.00893. The lowest BCUT2D eigenvalue weighted by Gasteiger charge is -2.26. The second-order valence-corrected chi connectivity index (χ2v) is 5.46. The number of aromatic nitrogens is 2. The molecule has 0 unspecified atom stereocenters. The maximum atomic E-state index is 11.5. The van der Waals surface area contributed by atoms with Crippen LogP contribution in [0.3, 0.4) is 0 Å². The van der Waals surface area contributed by atoms with Gasteiger partial charge in [0.2, 0.25) is 0 Å². The fourth-order valence-corrected chi connectivity index (χ4v) is 2.48. The molecule has 6 heteroatoms. The summed E-state index contributed by atoms with van der Waals surface area (Å²) in [7, 11) is 0. The number of aryl methyl sites for hydroxylation is 1. The summed E-state index contributed by atoms with van der Waals surface area (Å²) in [6.07, 6.45) is 11.4. The second kappa shape index (κ2) is 7.78. The molecule has 122 valence electrons. The van der Waals surface area contributed by atoms with Gasteiger partial charge in [0.15, 0.2) is 11.5 Å². The van der Waals surface area contributed by atoms with E-state index in [-0.39, 0.29) is 11.7 Å². The Morgan fingerprint density at radius 1 is 1.30 bits per heavy atom. The summed E-state index contributed by atoms with van der Waals surface area (Å²) >= 11 is 0. The third-order valence-corrected chi connectivity index (χ3v) is 3.65. The average molecular weight is 315 g/mol. The molecule has 0 radical (unpaired) electrons. The van der Waals surface area contributed by atoms with Crippen molar-refractivity contribution in [3.63, 3.8) is 0 Å². The molecule has 1 N–H and O–H groups in total. The lowest BCUT2D eigenvalue weighted by Crippen LogP contribution is -2.36. The summed E-state index contributed by atoms with van der Waals surface area (Å²) in [6.45, 7) is 2.66. The fourth-order valence-electron chi connectivity index (χ4n) is 2.48. The van der Waals surface area contributed by atoms with Crippen LogP contribution in [0.4, 0.5) is 0 Å². The molecule has 6 nitrogen and oxygen atoms in total. The van der Waals surface area contributed by atoms with Crippen molar-refractivity contribution in [3.05, 3.63) is 64.5 Å². The number of hydrogen-bond acceptors (Lipinski definition) is 5. The van der Waals surface area contributed by atoms with Crippen LogP contribution in [0.1, 0.15) is 12.8 Å². The van der Waals surface area contributed by atoms with Crippen LogP contribution in [-0.2, 0) is 16.0 Å². The third kappa shape index (κ3) is 4.32. The minimum absolute atomic E-state index is 0.00229. The molecule has 0 spiro atoms. The molecule has 2 aliphatic rings. The Morgan fingerprint density at radius 3 is 3.04 bits per heavy atom. The van der Waals surface area contributed by atoms with Gasteiger partial charge >= 0.3 is 0 Å². The Bertz CT molecular complexity index is 676. The molecule has 0 bridgehead atoms. The number of rotatable bonds is 6. The maximum Gasteiger partial charge on any atom is 0.266 e. The monoisotopic (exact) mass is 315 g/mol. The number of hydrogen-bond donors (Lipinski definition) is 1. The highest BCUT2D eigenvalue weighted by Gasteiger charge is 2.21. The van der Waals surface area contributed by atoms with Crippen LogP contribution in [0.15, 0.2) is 58.9 Å². The van der Waals surface area contributed by atoms with Gasteiger partial charge in [-0.3, -0.25) is 4.79 Å². The van der Waals surface area contributed by atoms with Crippen molar-refractivity contribution in [3.8, 4) is 0 Å². The van der Waals surface area contributed by atoms with Crippen LogP contribution in [-0.4, -0.2) is 35.6 Å². The lowest BCUT2D eigenvalue weighted by atomic mass is 10.3. The highest BCUT2D eigenvalue weighted by molar-refractivity contribution is 5.29. The molecule has 0 fully saturated rings. The predicted octanol–water partition coefficient (Wildman–Crippen LogP) is 1.37. The molecule has 0 aromatic carbocycles. The Morgan fingerprint density at radius 2 is 2.17 bits per heavy atom. The highest BCUT2D eigenvalue weighted by atomic mass is 16.6. The summed E-state index contributed by atoms with van der Waals surface area (Å²) < 4.78 is 13.2. The summed E-state index contributed by atoms with van der Waals surface area (Å²) in [4.78, 5) is 11.5. The topological polar surface area (TPSA) is 65.4 Å². The van der Waals surface area contributed by atoms with Gasteiger partial charge in [0.25, 0.3) is 5.56 Å². The van der Waals surface area contributed by atoms with Crippen molar-refractivity contribution >= 4 is 0 Å². The van der Waals surface area contributed by atoms with E-state index in [9.17, 15) is 4.79 Å². The molecular formula is C17H21N3O3. The normalized spacial score (nSPS) is 19.7. The van der Waals surface area contributed by atoms with Gasteiger partial charge in [-0.25, -0.2) is 4.68 Å². The quantitative estimate of drug-likeness (QED) is 0.803. The van der Waals surface area contributed by atoms with Gasteiger partial charge in [0.05, 0.1) is 0 Å². The standard InChI is InChI=1S/C17H21N3O3/c21-17-8-4-10-19-20(17)11-5-9-18-12-14-13-22-15-6-2-1-3-7-16(15)23-14/h2-4,6-8,10,14,18H,1,5,9,11-13H2/t14-/m1/s1. The molecule has 0 amide bonds. The summed E-state index contributed by atoms with van der Waals surface area (Å²) in [5.41, 5.74) is -0.0656. The zero-order chi connectivity index (χ0) is 15.9. The van der Waals surface area contributed by atoms with Crippen LogP contribution < -0.4 is 10.9 Å². The van der Waals surface area contributed by atoms with Gasteiger partial charge in [-0.1, -0.05) is 12.2 Å². The van der Waals surface area contributed by atoms with E-state index in [1.165, 1.54) is 10.7 Å². The molecule has 23 heavy (non-hydrogen) atoms. The largest absolute Gasteiger partial charge is 0.486 e. The SMILES string of the molecule is O=c1cccnn1CCCNC[C@@H]1COC2=C(C=CCC=C2)O1. The molecule has 1 aromatic heterocycles. The van der Waals surface area contributed by atoms with E-state index in [1.54, 1.807) is 12.3 Å². The smallest absolute Gasteiger partial charge is 0.266 e. The van der Waals surface area contributed by atoms with Crippen molar-refractivity contribution in [2.24, 2.45) is 0 Å². The van der Waals surface area contributed by atoms with Gasteiger partial charge in [-0.05, 0) is 37.6 Å². The Kier molecular flexibility index (Phi) is 5.26. The molecule has 0 saturated carbocycles. The van der Waals surface area contributed by atoms with Gasteiger partial charge < -0.3 is 14.8 Å². The maximum absolute atomic E-state index is 11.5. The van der Waals surface area contributed by atoms with Crippen LogP contribution in [0.2, 0.25) is 0 Å². The highest BCUT2D eigenvalue weighted by Crippen LogP contribution is 2.22. The number of allylic oxidation sites excluding steroid dienone is 4. The third-order valence-electron chi connectivity index (χ3n) is 3.65. The van der Waals surface area contributed by atoms with Gasteiger partial charge in [0, 0.05) is 25.4 Å². The van der Waals surface area contributed by atoms with Crippen molar-refractivity contribution in [2.45, 2.75) is 25.5 Å². The van der Waals surface area contributed by atoms with E-state index in [2.05, 4.69) is 22.6 Å². The summed E-state index contributed by atoms with van der Waals surface area (Å²) in [5.74, 6) is 1.61. The number of nitrogens with zero attached hydrogens (tertiary/aromatic N) is 2. The summed E-state index contributed by atoms with van der Waals surface area (Å²) in [5, 5.41) is 7.37. The van der Waals surface area contributed by atoms with E-state index in [0.717, 1.165) is 30.9 Å². The van der Waals surface area contributed by atoms with Crippen LogP contribution >= 0.6 is 0 Å². The molecule has 0 saturated heterocycles.